The van der Waals surface area contributed by atoms with Crippen LogP contribution in [0, 0.1) is 0 Å². The van der Waals surface area contributed by atoms with Crippen LogP contribution >= 0.6 is 11.3 Å². The maximum Gasteiger partial charge on any atom is 0.164 e. The second-order valence-corrected chi connectivity index (χ2v) is 15.5. The summed E-state index contributed by atoms with van der Waals surface area (Å²) < 4.78 is 11.3. The first-order valence-corrected chi connectivity index (χ1v) is 19.8. The molecule has 12 aromatic rings. The highest BCUT2D eigenvalue weighted by atomic mass is 32.1. The Kier molecular flexibility index (Phi) is 7.03. The summed E-state index contributed by atoms with van der Waals surface area (Å²) in [5.41, 5.74) is 10.4. The Morgan fingerprint density at radius 2 is 0.895 bits per heavy atom. The highest BCUT2D eigenvalue weighted by molar-refractivity contribution is 7.25. The SMILES string of the molecule is c1ccc(-c2nc(-c3ccccc3)nc(-c3ccc4c(c3)sc3cc(-c5ccc6oc7cccc(-n8c9ccccc9c9ccccc98)c7c6c5)ccc34)n2)cc1. The third-order valence-electron chi connectivity index (χ3n) is 11.1. The highest BCUT2D eigenvalue weighted by Gasteiger charge is 2.19. The van der Waals surface area contributed by atoms with Crippen LogP contribution in [0.3, 0.4) is 0 Å². The zero-order valence-corrected chi connectivity index (χ0v) is 31.2. The third-order valence-corrected chi connectivity index (χ3v) is 12.2. The van der Waals surface area contributed by atoms with Crippen molar-refractivity contribution in [2.24, 2.45) is 0 Å². The first-order chi connectivity index (χ1) is 28.2. The van der Waals surface area contributed by atoms with Crippen molar-refractivity contribution in [2.45, 2.75) is 0 Å². The Labute approximate surface area is 330 Å². The van der Waals surface area contributed by atoms with Crippen molar-refractivity contribution in [1.29, 1.82) is 0 Å². The van der Waals surface area contributed by atoms with Crippen LogP contribution in [0.15, 0.2) is 186 Å². The van der Waals surface area contributed by atoms with Gasteiger partial charge in [-0.1, -0.05) is 133 Å². The zero-order valence-electron chi connectivity index (χ0n) is 30.4. The Bertz CT molecular complexity index is 3420. The van der Waals surface area contributed by atoms with Gasteiger partial charge in [0.05, 0.1) is 22.1 Å². The number of aromatic nitrogens is 4. The molecule has 0 bridgehead atoms. The van der Waals surface area contributed by atoms with Gasteiger partial charge < -0.3 is 8.98 Å². The number of rotatable bonds is 5. The van der Waals surface area contributed by atoms with Crippen molar-refractivity contribution < 1.29 is 4.42 Å². The van der Waals surface area contributed by atoms with E-state index >= 15 is 0 Å². The number of benzene rings is 8. The molecule has 0 spiro atoms. The standard InChI is InChI=1S/C51H30N4OS/c1-3-12-31(13-4-1)49-52-50(32-14-5-2-6-15-32)54-51(53-49)35-23-26-39-38-25-22-34(29-46(38)57-47(39)30-35)33-24-27-44-40(28-33)48-43(20-11-21-45(48)56-44)55-41-18-9-7-16-36(41)37-17-8-10-19-42(37)55/h1-30H. The van der Waals surface area contributed by atoms with E-state index < -0.39 is 0 Å². The Morgan fingerprint density at radius 1 is 0.368 bits per heavy atom. The van der Waals surface area contributed by atoms with E-state index in [9.17, 15) is 0 Å². The van der Waals surface area contributed by atoms with Crippen molar-refractivity contribution >= 4 is 75.3 Å². The molecule has 6 heteroatoms. The number of hydrogen-bond donors (Lipinski definition) is 0. The molecule has 8 aromatic carbocycles. The fourth-order valence-electron chi connectivity index (χ4n) is 8.39. The van der Waals surface area contributed by atoms with Gasteiger partial charge in [-0.05, 0) is 59.7 Å². The molecule has 0 atom stereocenters. The van der Waals surface area contributed by atoms with Crippen LogP contribution in [-0.2, 0) is 0 Å². The van der Waals surface area contributed by atoms with E-state index in [4.69, 9.17) is 19.4 Å². The molecule has 0 radical (unpaired) electrons. The van der Waals surface area contributed by atoms with Gasteiger partial charge in [0, 0.05) is 53.0 Å². The number of furan rings is 1. The summed E-state index contributed by atoms with van der Waals surface area (Å²) in [7, 11) is 0. The van der Waals surface area contributed by atoms with E-state index in [-0.39, 0.29) is 0 Å². The molecule has 0 aliphatic rings. The van der Waals surface area contributed by atoms with E-state index in [1.54, 1.807) is 11.3 Å². The number of para-hydroxylation sites is 2. The molecule has 5 nitrogen and oxygen atoms in total. The molecule has 266 valence electrons. The molecule has 4 aromatic heterocycles. The number of fused-ring (bicyclic) bond motifs is 9. The highest BCUT2D eigenvalue weighted by Crippen LogP contribution is 2.42. The molecular weight excluding hydrogens is 717 g/mol. The van der Waals surface area contributed by atoms with Crippen molar-refractivity contribution in [3.05, 3.63) is 182 Å². The minimum absolute atomic E-state index is 0.656. The molecule has 0 unspecified atom stereocenters. The van der Waals surface area contributed by atoms with Gasteiger partial charge in [-0.15, -0.1) is 11.3 Å². The smallest absolute Gasteiger partial charge is 0.164 e. The molecule has 0 saturated heterocycles. The number of hydrogen-bond acceptors (Lipinski definition) is 5. The van der Waals surface area contributed by atoms with E-state index in [1.165, 1.54) is 42.0 Å². The zero-order chi connectivity index (χ0) is 37.5. The molecule has 57 heavy (non-hydrogen) atoms. The topological polar surface area (TPSA) is 56.7 Å². The summed E-state index contributed by atoms with van der Waals surface area (Å²) in [4.78, 5) is 14.8. The minimum Gasteiger partial charge on any atom is -0.456 e. The Hall–Kier alpha value is -7.41. The molecule has 0 aliphatic heterocycles. The summed E-state index contributed by atoms with van der Waals surface area (Å²) in [6.45, 7) is 0. The van der Waals surface area contributed by atoms with Crippen LogP contribution in [0.5, 0.6) is 0 Å². The second kappa shape index (κ2) is 12.6. The molecule has 12 rings (SSSR count). The van der Waals surface area contributed by atoms with Crippen LogP contribution in [0.4, 0.5) is 0 Å². The lowest BCUT2D eigenvalue weighted by Gasteiger charge is -2.10. The number of nitrogens with zero attached hydrogens (tertiary/aromatic N) is 4. The summed E-state index contributed by atoms with van der Waals surface area (Å²) in [6, 6.07) is 63.9. The van der Waals surface area contributed by atoms with Crippen LogP contribution in [-0.4, -0.2) is 19.5 Å². The average molecular weight is 747 g/mol. The molecule has 0 N–H and O–H groups in total. The molecular formula is C51H30N4OS. The Balaban J connectivity index is 0.973. The van der Waals surface area contributed by atoms with Gasteiger partial charge in [0.1, 0.15) is 11.2 Å². The lowest BCUT2D eigenvalue weighted by Crippen LogP contribution is -1.99. The minimum atomic E-state index is 0.656. The van der Waals surface area contributed by atoms with Crippen molar-refractivity contribution in [2.75, 3.05) is 0 Å². The lowest BCUT2D eigenvalue weighted by molar-refractivity contribution is 0.669. The third kappa shape index (κ3) is 5.12. The molecule has 0 aliphatic carbocycles. The maximum absolute atomic E-state index is 6.50. The molecule has 4 heterocycles. The van der Waals surface area contributed by atoms with Gasteiger partial charge in [0.15, 0.2) is 17.5 Å². The normalized spacial score (nSPS) is 11.9. The van der Waals surface area contributed by atoms with Crippen LogP contribution in [0.25, 0.3) is 115 Å². The summed E-state index contributed by atoms with van der Waals surface area (Å²) in [6.07, 6.45) is 0. The average Bonchev–Trinajstić information content (AvgIpc) is 3.95. The van der Waals surface area contributed by atoms with Gasteiger partial charge in [0.25, 0.3) is 0 Å². The predicted molar refractivity (Wildman–Crippen MR) is 236 cm³/mol. The van der Waals surface area contributed by atoms with Crippen LogP contribution in [0.2, 0.25) is 0 Å². The molecule has 0 fully saturated rings. The van der Waals surface area contributed by atoms with Crippen LogP contribution < -0.4 is 0 Å². The quantitative estimate of drug-likeness (QED) is 0.176. The first-order valence-electron chi connectivity index (χ1n) is 19.0. The molecule has 0 amide bonds. The summed E-state index contributed by atoms with van der Waals surface area (Å²) >= 11 is 1.80. The van der Waals surface area contributed by atoms with Gasteiger partial charge in [-0.2, -0.15) is 0 Å². The summed E-state index contributed by atoms with van der Waals surface area (Å²) in [5, 5.41) is 7.15. The maximum atomic E-state index is 6.50. The van der Waals surface area contributed by atoms with Gasteiger partial charge >= 0.3 is 0 Å². The van der Waals surface area contributed by atoms with E-state index in [1.807, 2.05) is 60.7 Å². The van der Waals surface area contributed by atoms with Gasteiger partial charge in [-0.3, -0.25) is 0 Å². The van der Waals surface area contributed by atoms with Crippen LogP contribution in [0.1, 0.15) is 0 Å². The van der Waals surface area contributed by atoms with E-state index in [0.29, 0.717) is 17.5 Å². The molecule has 0 saturated carbocycles. The van der Waals surface area contributed by atoms with E-state index in [2.05, 4.69) is 126 Å². The predicted octanol–water partition coefficient (Wildman–Crippen LogP) is 13.9. The van der Waals surface area contributed by atoms with Crippen molar-refractivity contribution in [3.8, 4) is 51.0 Å². The Morgan fingerprint density at radius 3 is 1.54 bits per heavy atom. The fraction of sp³-hybridized carbons (Fsp3) is 0. The van der Waals surface area contributed by atoms with E-state index in [0.717, 1.165) is 55.4 Å². The van der Waals surface area contributed by atoms with Gasteiger partial charge in [-0.25, -0.2) is 15.0 Å². The largest absolute Gasteiger partial charge is 0.456 e. The second-order valence-electron chi connectivity index (χ2n) is 14.4. The fourth-order valence-corrected chi connectivity index (χ4v) is 9.57. The number of thiophene rings is 1. The summed E-state index contributed by atoms with van der Waals surface area (Å²) in [5.74, 6) is 1.97. The van der Waals surface area contributed by atoms with Crippen molar-refractivity contribution in [1.82, 2.24) is 19.5 Å². The van der Waals surface area contributed by atoms with Crippen molar-refractivity contribution in [3.63, 3.8) is 0 Å². The monoisotopic (exact) mass is 746 g/mol. The lowest BCUT2D eigenvalue weighted by atomic mass is 10.0. The first kappa shape index (κ1) is 31.9. The van der Waals surface area contributed by atoms with Gasteiger partial charge in [0.2, 0.25) is 0 Å².